The molecular weight excluding hydrogens is 436 g/mol. The second-order valence-electron chi connectivity index (χ2n) is 9.16. The predicted molar refractivity (Wildman–Crippen MR) is 138 cm³/mol. The molecule has 1 saturated carbocycles. The maximum absolute atomic E-state index is 13.7. The lowest BCUT2D eigenvalue weighted by Gasteiger charge is -2.33. The van der Waals surface area contributed by atoms with Crippen LogP contribution in [-0.4, -0.2) is 35.4 Å². The fraction of sp³-hybridized carbons (Fsp3) is 0.333. The smallest absolute Gasteiger partial charge is 0.261 e. The molecule has 4 rings (SSSR count). The Morgan fingerprint density at radius 2 is 1.37 bits per heavy atom. The van der Waals surface area contributed by atoms with Crippen molar-refractivity contribution in [3.63, 3.8) is 0 Å². The molecule has 1 atom stereocenters. The molecule has 182 valence electrons. The summed E-state index contributed by atoms with van der Waals surface area (Å²) in [5.41, 5.74) is 2.00. The Morgan fingerprint density at radius 3 is 2.00 bits per heavy atom. The summed E-state index contributed by atoms with van der Waals surface area (Å²) >= 11 is 0. The van der Waals surface area contributed by atoms with Gasteiger partial charge in [-0.05, 0) is 36.1 Å². The summed E-state index contributed by atoms with van der Waals surface area (Å²) < 4.78 is 5.79. The third kappa shape index (κ3) is 7.44. The summed E-state index contributed by atoms with van der Waals surface area (Å²) in [6.45, 7) is 0.215. The number of carbonyl (C=O) groups is 2. The molecule has 5 nitrogen and oxygen atoms in total. The Balaban J connectivity index is 1.58. The van der Waals surface area contributed by atoms with Crippen molar-refractivity contribution in [3.05, 3.63) is 102 Å². The van der Waals surface area contributed by atoms with E-state index in [-0.39, 0.29) is 24.5 Å². The Hall–Kier alpha value is -3.60. The monoisotopic (exact) mass is 470 g/mol. The standard InChI is InChI=1S/C30H34N2O3/c33-29(23-35-27-19-11-4-12-20-27)32(22-25-15-7-2-8-16-25)28(21-24-13-5-1-6-14-24)30(34)31-26-17-9-3-10-18-26/h1-2,4-8,11-16,19-20,26,28H,3,9-10,17-18,21-23H2,(H,31,34). The van der Waals surface area contributed by atoms with Crippen molar-refractivity contribution < 1.29 is 14.3 Å². The molecule has 0 spiro atoms. The molecule has 2 amide bonds. The molecule has 1 fully saturated rings. The highest BCUT2D eigenvalue weighted by Gasteiger charge is 2.32. The van der Waals surface area contributed by atoms with Crippen LogP contribution >= 0.6 is 0 Å². The number of nitrogens with zero attached hydrogens (tertiary/aromatic N) is 1. The third-order valence-electron chi connectivity index (χ3n) is 6.52. The molecule has 0 radical (unpaired) electrons. The van der Waals surface area contributed by atoms with Crippen LogP contribution in [-0.2, 0) is 22.6 Å². The summed E-state index contributed by atoms with van der Waals surface area (Å²) in [5, 5.41) is 3.26. The molecule has 1 aliphatic carbocycles. The topological polar surface area (TPSA) is 58.6 Å². The van der Waals surface area contributed by atoms with Gasteiger partial charge >= 0.3 is 0 Å². The number of hydrogen-bond acceptors (Lipinski definition) is 3. The number of carbonyl (C=O) groups excluding carboxylic acids is 2. The van der Waals surface area contributed by atoms with E-state index >= 15 is 0 Å². The van der Waals surface area contributed by atoms with Crippen LogP contribution in [0.1, 0.15) is 43.2 Å². The number of amides is 2. The van der Waals surface area contributed by atoms with Crippen LogP contribution < -0.4 is 10.1 Å². The van der Waals surface area contributed by atoms with Crippen LogP contribution in [0.25, 0.3) is 0 Å². The molecule has 0 aliphatic heterocycles. The molecule has 0 aromatic heterocycles. The third-order valence-corrected chi connectivity index (χ3v) is 6.52. The molecule has 0 heterocycles. The molecule has 3 aromatic rings. The van der Waals surface area contributed by atoms with Crippen molar-refractivity contribution >= 4 is 11.8 Å². The van der Waals surface area contributed by atoms with Crippen molar-refractivity contribution in [3.8, 4) is 5.75 Å². The minimum atomic E-state index is -0.633. The zero-order valence-corrected chi connectivity index (χ0v) is 20.1. The Morgan fingerprint density at radius 1 is 0.800 bits per heavy atom. The first-order chi connectivity index (χ1) is 17.2. The van der Waals surface area contributed by atoms with Gasteiger partial charge in [-0.15, -0.1) is 0 Å². The molecule has 35 heavy (non-hydrogen) atoms. The SMILES string of the molecule is O=C(NC1CCCCC1)C(Cc1ccccc1)N(Cc1ccccc1)C(=O)COc1ccccc1. The van der Waals surface area contributed by atoms with Gasteiger partial charge < -0.3 is 15.0 Å². The Labute approximate surface area is 208 Å². The van der Waals surface area contributed by atoms with Crippen LogP contribution in [0.15, 0.2) is 91.0 Å². The number of nitrogens with one attached hydrogen (secondary N) is 1. The summed E-state index contributed by atoms with van der Waals surface area (Å²) in [5.74, 6) is 0.328. The normalized spacial score (nSPS) is 14.6. The molecule has 3 aromatic carbocycles. The largest absolute Gasteiger partial charge is 0.484 e. The van der Waals surface area contributed by atoms with Crippen LogP contribution in [0.5, 0.6) is 5.75 Å². The van der Waals surface area contributed by atoms with Gasteiger partial charge in [-0.2, -0.15) is 0 Å². The first kappa shape index (κ1) is 24.5. The van der Waals surface area contributed by atoms with Crippen molar-refractivity contribution in [2.24, 2.45) is 0 Å². The second kappa shape index (κ2) is 12.7. The summed E-state index contributed by atoms with van der Waals surface area (Å²) in [6.07, 6.45) is 5.91. The van der Waals surface area contributed by atoms with Gasteiger partial charge in [0.1, 0.15) is 11.8 Å². The maximum atomic E-state index is 13.7. The molecule has 1 aliphatic rings. The van der Waals surface area contributed by atoms with Gasteiger partial charge in [0.15, 0.2) is 6.61 Å². The Bertz CT molecular complexity index is 1050. The fourth-order valence-corrected chi connectivity index (χ4v) is 4.62. The zero-order valence-electron chi connectivity index (χ0n) is 20.1. The maximum Gasteiger partial charge on any atom is 0.261 e. The van der Waals surface area contributed by atoms with Gasteiger partial charge in [0.25, 0.3) is 5.91 Å². The lowest BCUT2D eigenvalue weighted by Crippen LogP contribution is -2.53. The van der Waals surface area contributed by atoms with Crippen LogP contribution in [0.2, 0.25) is 0 Å². The van der Waals surface area contributed by atoms with Gasteiger partial charge in [-0.1, -0.05) is 98.1 Å². The van der Waals surface area contributed by atoms with Crippen molar-refractivity contribution in [1.82, 2.24) is 10.2 Å². The van der Waals surface area contributed by atoms with E-state index < -0.39 is 6.04 Å². The van der Waals surface area contributed by atoms with E-state index in [1.807, 2.05) is 91.0 Å². The lowest BCUT2D eigenvalue weighted by molar-refractivity contribution is -0.143. The minimum Gasteiger partial charge on any atom is -0.484 e. The minimum absolute atomic E-state index is 0.0928. The number of ether oxygens (including phenoxy) is 1. The van der Waals surface area contributed by atoms with E-state index in [4.69, 9.17) is 4.74 Å². The van der Waals surface area contributed by atoms with E-state index in [1.54, 1.807) is 4.90 Å². The first-order valence-electron chi connectivity index (χ1n) is 12.5. The highest BCUT2D eigenvalue weighted by molar-refractivity contribution is 5.88. The summed E-state index contributed by atoms with van der Waals surface area (Å²) in [7, 11) is 0. The van der Waals surface area contributed by atoms with Gasteiger partial charge in [-0.3, -0.25) is 9.59 Å². The Kier molecular flexibility index (Phi) is 8.93. The fourth-order valence-electron chi connectivity index (χ4n) is 4.62. The number of rotatable bonds is 10. The number of benzene rings is 3. The van der Waals surface area contributed by atoms with E-state index in [0.717, 1.165) is 36.8 Å². The van der Waals surface area contributed by atoms with Crippen molar-refractivity contribution in [2.75, 3.05) is 6.61 Å². The average Bonchev–Trinajstić information content (AvgIpc) is 2.91. The van der Waals surface area contributed by atoms with Crippen LogP contribution in [0, 0.1) is 0 Å². The first-order valence-corrected chi connectivity index (χ1v) is 12.5. The van der Waals surface area contributed by atoms with E-state index in [0.29, 0.717) is 18.7 Å². The number of para-hydroxylation sites is 1. The van der Waals surface area contributed by atoms with Gasteiger partial charge in [0.05, 0.1) is 0 Å². The summed E-state index contributed by atoms with van der Waals surface area (Å²) in [4.78, 5) is 28.9. The van der Waals surface area contributed by atoms with Crippen LogP contribution in [0.4, 0.5) is 0 Å². The van der Waals surface area contributed by atoms with Gasteiger partial charge in [0, 0.05) is 19.0 Å². The van der Waals surface area contributed by atoms with Gasteiger partial charge in [0.2, 0.25) is 5.91 Å². The molecule has 0 saturated heterocycles. The molecular formula is C30H34N2O3. The van der Waals surface area contributed by atoms with Crippen molar-refractivity contribution in [1.29, 1.82) is 0 Å². The molecule has 1 N–H and O–H groups in total. The van der Waals surface area contributed by atoms with E-state index in [1.165, 1.54) is 6.42 Å². The quantitative estimate of drug-likeness (QED) is 0.446. The average molecular weight is 471 g/mol. The van der Waals surface area contributed by atoms with E-state index in [9.17, 15) is 9.59 Å². The predicted octanol–water partition coefficient (Wildman–Crippen LogP) is 5.15. The van der Waals surface area contributed by atoms with Gasteiger partial charge in [-0.25, -0.2) is 0 Å². The summed E-state index contributed by atoms with van der Waals surface area (Å²) in [6, 6.07) is 28.6. The lowest BCUT2D eigenvalue weighted by atomic mass is 9.94. The van der Waals surface area contributed by atoms with E-state index in [2.05, 4.69) is 5.32 Å². The number of hydrogen-bond donors (Lipinski definition) is 1. The van der Waals surface area contributed by atoms with Crippen molar-refractivity contribution in [2.45, 2.75) is 57.2 Å². The highest BCUT2D eigenvalue weighted by Crippen LogP contribution is 2.20. The molecule has 5 heteroatoms. The second-order valence-corrected chi connectivity index (χ2v) is 9.16. The molecule has 1 unspecified atom stereocenters. The molecule has 0 bridgehead atoms. The zero-order chi connectivity index (χ0) is 24.3. The highest BCUT2D eigenvalue weighted by atomic mass is 16.5. The van der Waals surface area contributed by atoms with Crippen LogP contribution in [0.3, 0.4) is 0 Å².